The summed E-state index contributed by atoms with van der Waals surface area (Å²) in [5, 5.41) is 12.1. The van der Waals surface area contributed by atoms with Gasteiger partial charge in [0.25, 0.3) is 0 Å². The summed E-state index contributed by atoms with van der Waals surface area (Å²) in [5.74, 6) is 0.0820. The third-order valence-corrected chi connectivity index (χ3v) is 3.66. The van der Waals surface area contributed by atoms with Crippen molar-refractivity contribution in [1.82, 2.24) is 5.32 Å². The number of hydrogen-bond donors (Lipinski definition) is 2. The maximum Gasteiger partial charge on any atom is 0.339 e. The molecular weight excluding hydrogens is 274 g/mol. The Morgan fingerprint density at radius 2 is 2.28 bits per heavy atom. The van der Waals surface area contributed by atoms with Crippen LogP contribution in [0.1, 0.15) is 26.8 Å². The van der Waals surface area contributed by atoms with Crippen LogP contribution in [0.5, 0.6) is 0 Å². The zero-order valence-corrected chi connectivity index (χ0v) is 11.3. The van der Waals surface area contributed by atoms with Gasteiger partial charge in [0.05, 0.1) is 10.9 Å². The summed E-state index contributed by atoms with van der Waals surface area (Å²) in [6.45, 7) is 2.81. The number of rotatable bonds is 5. The lowest BCUT2D eigenvalue weighted by molar-refractivity contribution is 0.0695. The quantitative estimate of drug-likeness (QED) is 0.885. The molecule has 6 heteroatoms. The Morgan fingerprint density at radius 3 is 2.83 bits per heavy atom. The molecule has 0 atom stereocenters. The van der Waals surface area contributed by atoms with Gasteiger partial charge in [0.1, 0.15) is 17.1 Å². The molecule has 2 N–H and O–H groups in total. The van der Waals surface area contributed by atoms with Crippen LogP contribution < -0.4 is 5.32 Å². The molecule has 0 fully saturated rings. The smallest absolute Gasteiger partial charge is 0.339 e. The molecule has 0 amide bonds. The van der Waals surface area contributed by atoms with Crippen molar-refractivity contribution in [2.24, 2.45) is 0 Å². The first-order chi connectivity index (χ1) is 8.56. The molecule has 0 unspecified atom stereocenters. The summed E-state index contributed by atoms with van der Waals surface area (Å²) < 4.78 is 6.11. The topological polar surface area (TPSA) is 62.5 Å². The maximum absolute atomic E-state index is 10.8. The van der Waals surface area contributed by atoms with E-state index in [0.717, 1.165) is 9.21 Å². The second-order valence-electron chi connectivity index (χ2n) is 3.80. The third-order valence-electron chi connectivity index (χ3n) is 2.43. The lowest BCUT2D eigenvalue weighted by atomic mass is 10.2. The number of carboxylic acid groups (broad SMARTS) is 1. The van der Waals surface area contributed by atoms with E-state index in [1.54, 1.807) is 13.0 Å². The number of furan rings is 1. The van der Waals surface area contributed by atoms with Gasteiger partial charge in [-0.15, -0.1) is 11.3 Å². The van der Waals surface area contributed by atoms with E-state index in [9.17, 15) is 4.79 Å². The molecule has 0 aromatic carbocycles. The average molecular weight is 286 g/mol. The normalized spacial score (nSPS) is 10.8. The van der Waals surface area contributed by atoms with Gasteiger partial charge in [-0.25, -0.2) is 4.79 Å². The highest BCUT2D eigenvalue weighted by atomic mass is 35.5. The van der Waals surface area contributed by atoms with Crippen molar-refractivity contribution in [2.45, 2.75) is 20.0 Å². The number of aromatic carboxylic acids is 1. The number of aryl methyl sites for hydroxylation is 1. The van der Waals surface area contributed by atoms with Gasteiger partial charge in [-0.2, -0.15) is 0 Å². The predicted octanol–water partition coefficient (Wildman–Crippen LogP) is 3.29. The van der Waals surface area contributed by atoms with Gasteiger partial charge in [-0.05, 0) is 25.1 Å². The van der Waals surface area contributed by atoms with Crippen LogP contribution in [0.2, 0.25) is 4.34 Å². The van der Waals surface area contributed by atoms with Crippen LogP contribution >= 0.6 is 22.9 Å². The molecule has 0 saturated heterocycles. The molecule has 2 aromatic rings. The van der Waals surface area contributed by atoms with Crippen molar-refractivity contribution in [2.75, 3.05) is 0 Å². The number of carboxylic acids is 1. The van der Waals surface area contributed by atoms with Crippen LogP contribution in [0.3, 0.4) is 0 Å². The van der Waals surface area contributed by atoms with Crippen LogP contribution in [-0.4, -0.2) is 11.1 Å². The molecule has 0 aliphatic rings. The van der Waals surface area contributed by atoms with Crippen LogP contribution in [0.4, 0.5) is 0 Å². The predicted molar refractivity (Wildman–Crippen MR) is 70.3 cm³/mol. The van der Waals surface area contributed by atoms with Crippen LogP contribution in [0.15, 0.2) is 22.6 Å². The van der Waals surface area contributed by atoms with Gasteiger partial charge in [0.2, 0.25) is 0 Å². The summed E-state index contributed by atoms with van der Waals surface area (Å²) in [7, 11) is 0. The number of hydrogen-bond acceptors (Lipinski definition) is 4. The molecule has 18 heavy (non-hydrogen) atoms. The lowest BCUT2D eigenvalue weighted by Crippen LogP contribution is -2.11. The average Bonchev–Trinajstić information content (AvgIpc) is 2.85. The van der Waals surface area contributed by atoms with E-state index in [-0.39, 0.29) is 5.56 Å². The van der Waals surface area contributed by atoms with E-state index in [0.29, 0.717) is 24.6 Å². The van der Waals surface area contributed by atoms with Gasteiger partial charge in [-0.1, -0.05) is 11.6 Å². The van der Waals surface area contributed by atoms with Gasteiger partial charge in [-0.3, -0.25) is 0 Å². The lowest BCUT2D eigenvalue weighted by Gasteiger charge is -1.99. The highest BCUT2D eigenvalue weighted by molar-refractivity contribution is 7.16. The van der Waals surface area contributed by atoms with E-state index in [4.69, 9.17) is 21.1 Å². The first-order valence-electron chi connectivity index (χ1n) is 5.34. The Balaban J connectivity index is 1.90. The van der Waals surface area contributed by atoms with E-state index < -0.39 is 5.97 Å². The maximum atomic E-state index is 10.8. The standard InChI is InChI=1S/C12H12ClNO3S/c1-7-10(12(15)16)4-8(17-7)5-14-6-9-2-3-11(13)18-9/h2-4,14H,5-6H2,1H3,(H,15,16). The Labute approximate surface area is 113 Å². The van der Waals surface area contributed by atoms with Gasteiger partial charge in [0, 0.05) is 11.4 Å². The molecular formula is C12H12ClNO3S. The fourth-order valence-corrected chi connectivity index (χ4v) is 2.66. The molecule has 0 spiro atoms. The summed E-state index contributed by atoms with van der Waals surface area (Å²) in [4.78, 5) is 12.0. The van der Waals surface area contributed by atoms with Crippen molar-refractivity contribution in [3.8, 4) is 0 Å². The SMILES string of the molecule is Cc1oc(CNCc2ccc(Cl)s2)cc1C(=O)O. The summed E-state index contributed by atoms with van der Waals surface area (Å²) >= 11 is 7.34. The molecule has 2 aromatic heterocycles. The van der Waals surface area contributed by atoms with Crippen molar-refractivity contribution >= 4 is 28.9 Å². The molecule has 0 radical (unpaired) electrons. The molecule has 2 heterocycles. The summed E-state index contributed by atoms with van der Waals surface area (Å²) in [5.41, 5.74) is 0.214. The number of carbonyl (C=O) groups is 1. The van der Waals surface area contributed by atoms with Crippen molar-refractivity contribution in [3.63, 3.8) is 0 Å². The Kier molecular flexibility index (Phi) is 4.06. The zero-order valence-electron chi connectivity index (χ0n) is 9.70. The van der Waals surface area contributed by atoms with Gasteiger partial charge in [0.15, 0.2) is 0 Å². The van der Waals surface area contributed by atoms with E-state index in [1.165, 1.54) is 11.3 Å². The highest BCUT2D eigenvalue weighted by Gasteiger charge is 2.13. The van der Waals surface area contributed by atoms with E-state index >= 15 is 0 Å². The van der Waals surface area contributed by atoms with Crippen molar-refractivity contribution < 1.29 is 14.3 Å². The first kappa shape index (κ1) is 13.1. The van der Waals surface area contributed by atoms with E-state index in [2.05, 4.69) is 5.32 Å². The molecule has 4 nitrogen and oxygen atoms in total. The second-order valence-corrected chi connectivity index (χ2v) is 5.60. The molecule has 0 aliphatic carbocycles. The Morgan fingerprint density at radius 1 is 1.50 bits per heavy atom. The van der Waals surface area contributed by atoms with Crippen LogP contribution in [0, 0.1) is 6.92 Å². The van der Waals surface area contributed by atoms with Crippen molar-refractivity contribution in [1.29, 1.82) is 0 Å². The fourth-order valence-electron chi connectivity index (χ4n) is 1.60. The van der Waals surface area contributed by atoms with E-state index in [1.807, 2.05) is 12.1 Å². The monoisotopic (exact) mass is 285 g/mol. The number of halogens is 1. The highest BCUT2D eigenvalue weighted by Crippen LogP contribution is 2.21. The summed E-state index contributed by atoms with van der Waals surface area (Å²) in [6, 6.07) is 5.35. The largest absolute Gasteiger partial charge is 0.478 e. The van der Waals surface area contributed by atoms with Gasteiger partial charge < -0.3 is 14.8 Å². The third kappa shape index (κ3) is 3.13. The minimum atomic E-state index is -0.965. The minimum Gasteiger partial charge on any atom is -0.478 e. The Hall–Kier alpha value is -1.30. The molecule has 0 aliphatic heterocycles. The Bertz CT molecular complexity index is 561. The molecule has 0 bridgehead atoms. The molecule has 96 valence electrons. The fraction of sp³-hybridized carbons (Fsp3) is 0.250. The van der Waals surface area contributed by atoms with Crippen LogP contribution in [-0.2, 0) is 13.1 Å². The molecule has 2 rings (SSSR count). The van der Waals surface area contributed by atoms with Gasteiger partial charge >= 0.3 is 5.97 Å². The summed E-state index contributed by atoms with van der Waals surface area (Å²) in [6.07, 6.45) is 0. The number of thiophene rings is 1. The number of nitrogens with one attached hydrogen (secondary N) is 1. The van der Waals surface area contributed by atoms with Crippen LogP contribution in [0.25, 0.3) is 0 Å². The second kappa shape index (κ2) is 5.56. The molecule has 0 saturated carbocycles. The zero-order chi connectivity index (χ0) is 13.1. The first-order valence-corrected chi connectivity index (χ1v) is 6.53. The van der Waals surface area contributed by atoms with Crippen molar-refractivity contribution in [3.05, 3.63) is 44.5 Å². The minimum absolute atomic E-state index is 0.214.